The van der Waals surface area contributed by atoms with Crippen molar-refractivity contribution < 1.29 is 4.79 Å². The number of hydrogen-bond donors (Lipinski definition) is 3. The van der Waals surface area contributed by atoms with E-state index in [1.54, 1.807) is 18.8 Å². The Kier molecular flexibility index (Phi) is 5.78. The first-order valence-corrected chi connectivity index (χ1v) is 6.97. The maximum Gasteiger partial charge on any atom is 0.220 e. The minimum atomic E-state index is 0.0122. The van der Waals surface area contributed by atoms with Crippen molar-refractivity contribution in [2.75, 3.05) is 12.8 Å². The SMILES string of the molecule is CNC(=O)CCSCc1csc(N=C(N)N)n1. The lowest BCUT2D eigenvalue weighted by Crippen LogP contribution is -2.21. The Bertz CT molecular complexity index is 400. The molecule has 17 heavy (non-hydrogen) atoms. The Morgan fingerprint density at radius 3 is 3.06 bits per heavy atom. The number of thioether (sulfide) groups is 1. The Morgan fingerprint density at radius 1 is 1.65 bits per heavy atom. The molecule has 0 aliphatic rings. The second kappa shape index (κ2) is 7.13. The number of aromatic nitrogens is 1. The molecule has 1 heterocycles. The first-order chi connectivity index (χ1) is 8.11. The third-order valence-corrected chi connectivity index (χ3v) is 3.54. The van der Waals surface area contributed by atoms with E-state index < -0.39 is 0 Å². The van der Waals surface area contributed by atoms with Crippen LogP contribution in [-0.4, -0.2) is 29.7 Å². The average molecular weight is 273 g/mol. The monoisotopic (exact) mass is 273 g/mol. The maximum absolute atomic E-state index is 11.0. The molecule has 0 aromatic carbocycles. The van der Waals surface area contributed by atoms with Gasteiger partial charge in [-0.2, -0.15) is 16.8 Å². The van der Waals surface area contributed by atoms with Crippen molar-refractivity contribution in [3.05, 3.63) is 11.1 Å². The first-order valence-electron chi connectivity index (χ1n) is 4.94. The van der Waals surface area contributed by atoms with Gasteiger partial charge in [0.1, 0.15) is 0 Å². The molecular formula is C9H15N5OS2. The summed E-state index contributed by atoms with van der Waals surface area (Å²) in [5.74, 6) is 1.60. The molecule has 0 aliphatic carbocycles. The highest BCUT2D eigenvalue weighted by molar-refractivity contribution is 7.98. The number of carbonyl (C=O) groups is 1. The fourth-order valence-corrected chi connectivity index (χ4v) is 2.63. The van der Waals surface area contributed by atoms with E-state index in [2.05, 4.69) is 15.3 Å². The van der Waals surface area contributed by atoms with Crippen molar-refractivity contribution in [1.82, 2.24) is 10.3 Å². The van der Waals surface area contributed by atoms with Gasteiger partial charge in [-0.3, -0.25) is 4.79 Å². The highest BCUT2D eigenvalue weighted by atomic mass is 32.2. The zero-order chi connectivity index (χ0) is 12.7. The molecule has 8 heteroatoms. The molecule has 0 unspecified atom stereocenters. The zero-order valence-electron chi connectivity index (χ0n) is 9.47. The molecule has 6 nitrogen and oxygen atoms in total. The summed E-state index contributed by atoms with van der Waals surface area (Å²) in [6.45, 7) is 0. The molecule has 1 rings (SSSR count). The van der Waals surface area contributed by atoms with E-state index in [4.69, 9.17) is 11.5 Å². The number of nitrogens with two attached hydrogens (primary N) is 2. The van der Waals surface area contributed by atoms with Gasteiger partial charge in [0, 0.05) is 30.4 Å². The van der Waals surface area contributed by atoms with Crippen LogP contribution in [0, 0.1) is 0 Å². The molecular weight excluding hydrogens is 258 g/mol. The van der Waals surface area contributed by atoms with E-state index in [9.17, 15) is 4.79 Å². The first kappa shape index (κ1) is 13.8. The van der Waals surface area contributed by atoms with Crippen molar-refractivity contribution in [1.29, 1.82) is 0 Å². The second-order valence-electron chi connectivity index (χ2n) is 3.13. The third-order valence-electron chi connectivity index (χ3n) is 1.77. The molecule has 0 radical (unpaired) electrons. The largest absolute Gasteiger partial charge is 0.370 e. The number of guanidine groups is 1. The van der Waals surface area contributed by atoms with Gasteiger partial charge in [0.15, 0.2) is 5.96 Å². The summed E-state index contributed by atoms with van der Waals surface area (Å²) in [7, 11) is 1.63. The van der Waals surface area contributed by atoms with Gasteiger partial charge in [-0.05, 0) is 0 Å². The van der Waals surface area contributed by atoms with Crippen LogP contribution >= 0.6 is 23.1 Å². The molecule has 0 saturated heterocycles. The van der Waals surface area contributed by atoms with E-state index in [1.165, 1.54) is 11.3 Å². The minimum Gasteiger partial charge on any atom is -0.370 e. The van der Waals surface area contributed by atoms with E-state index in [0.717, 1.165) is 17.2 Å². The molecule has 0 aliphatic heterocycles. The van der Waals surface area contributed by atoms with Gasteiger partial charge >= 0.3 is 0 Å². The van der Waals surface area contributed by atoms with Crippen LogP contribution in [0.2, 0.25) is 0 Å². The molecule has 0 fully saturated rings. The molecule has 1 aromatic rings. The fraction of sp³-hybridized carbons (Fsp3) is 0.444. The lowest BCUT2D eigenvalue weighted by atomic mass is 10.5. The van der Waals surface area contributed by atoms with Crippen molar-refractivity contribution in [2.24, 2.45) is 16.5 Å². The van der Waals surface area contributed by atoms with E-state index >= 15 is 0 Å². The predicted octanol–water partition coefficient (Wildman–Crippen LogP) is 0.417. The molecule has 94 valence electrons. The highest BCUT2D eigenvalue weighted by Gasteiger charge is 2.02. The Labute approximate surface area is 108 Å². The van der Waals surface area contributed by atoms with Crippen LogP contribution < -0.4 is 16.8 Å². The topological polar surface area (TPSA) is 106 Å². The number of nitrogens with zero attached hydrogens (tertiary/aromatic N) is 2. The predicted molar refractivity (Wildman–Crippen MR) is 72.4 cm³/mol. The number of nitrogens with one attached hydrogen (secondary N) is 1. The highest BCUT2D eigenvalue weighted by Crippen LogP contribution is 2.21. The number of amides is 1. The van der Waals surface area contributed by atoms with Gasteiger partial charge in [-0.15, -0.1) is 11.3 Å². The maximum atomic E-state index is 11.0. The molecule has 1 aromatic heterocycles. The summed E-state index contributed by atoms with van der Waals surface area (Å²) >= 11 is 3.05. The van der Waals surface area contributed by atoms with Crippen LogP contribution in [0.4, 0.5) is 5.13 Å². The molecule has 0 spiro atoms. The summed E-state index contributed by atoms with van der Waals surface area (Å²) in [6, 6.07) is 0. The molecule has 5 N–H and O–H groups in total. The quantitative estimate of drug-likeness (QED) is 0.395. The Balaban J connectivity index is 2.30. The van der Waals surface area contributed by atoms with E-state index in [0.29, 0.717) is 11.6 Å². The van der Waals surface area contributed by atoms with Crippen LogP contribution in [0.25, 0.3) is 0 Å². The minimum absolute atomic E-state index is 0.0122. The number of hydrogen-bond acceptors (Lipinski definition) is 5. The Morgan fingerprint density at radius 2 is 2.41 bits per heavy atom. The molecule has 1 amide bonds. The summed E-state index contributed by atoms with van der Waals surface area (Å²) in [4.78, 5) is 19.1. The molecule has 0 bridgehead atoms. The third kappa shape index (κ3) is 5.55. The fourth-order valence-electron chi connectivity index (χ4n) is 0.991. The van der Waals surface area contributed by atoms with Gasteiger partial charge in [-0.1, -0.05) is 0 Å². The van der Waals surface area contributed by atoms with Crippen molar-refractivity contribution >= 4 is 40.1 Å². The summed E-state index contributed by atoms with van der Waals surface area (Å²) < 4.78 is 0. The number of carbonyl (C=O) groups excluding carboxylic acids is 1. The van der Waals surface area contributed by atoms with Crippen LogP contribution in [-0.2, 0) is 10.5 Å². The van der Waals surface area contributed by atoms with Crippen molar-refractivity contribution in [3.8, 4) is 0 Å². The van der Waals surface area contributed by atoms with E-state index in [1.807, 2.05) is 5.38 Å². The smallest absolute Gasteiger partial charge is 0.220 e. The van der Waals surface area contributed by atoms with Gasteiger partial charge in [-0.25, -0.2) is 4.98 Å². The van der Waals surface area contributed by atoms with E-state index in [-0.39, 0.29) is 11.9 Å². The summed E-state index contributed by atoms with van der Waals surface area (Å²) in [5.41, 5.74) is 11.4. The number of thiazole rings is 1. The second-order valence-corrected chi connectivity index (χ2v) is 5.08. The lowest BCUT2D eigenvalue weighted by Gasteiger charge is -1.98. The average Bonchev–Trinajstić information content (AvgIpc) is 2.70. The van der Waals surface area contributed by atoms with Gasteiger partial charge < -0.3 is 16.8 Å². The van der Waals surface area contributed by atoms with Gasteiger partial charge in [0.25, 0.3) is 0 Å². The van der Waals surface area contributed by atoms with Gasteiger partial charge in [0.05, 0.1) is 5.69 Å². The zero-order valence-corrected chi connectivity index (χ0v) is 11.1. The lowest BCUT2D eigenvalue weighted by molar-refractivity contribution is -0.120. The molecule has 0 atom stereocenters. The van der Waals surface area contributed by atoms with Crippen LogP contribution in [0.5, 0.6) is 0 Å². The normalized spacial score (nSPS) is 9.94. The standard InChI is InChI=1S/C9H15N5OS2/c1-12-7(15)2-3-16-4-6-5-17-9(13-6)14-8(10)11/h5H,2-4H2,1H3,(H,12,15)(H4,10,11,13,14). The van der Waals surface area contributed by atoms with Crippen molar-refractivity contribution in [3.63, 3.8) is 0 Å². The van der Waals surface area contributed by atoms with Gasteiger partial charge in [0.2, 0.25) is 11.0 Å². The molecule has 0 saturated carbocycles. The number of rotatable bonds is 6. The Hall–Kier alpha value is -1.28. The van der Waals surface area contributed by atoms with Crippen LogP contribution in [0.15, 0.2) is 10.4 Å². The summed E-state index contributed by atoms with van der Waals surface area (Å²) in [6.07, 6.45) is 0.520. The summed E-state index contributed by atoms with van der Waals surface area (Å²) in [5, 5.41) is 5.05. The van der Waals surface area contributed by atoms with Crippen LogP contribution in [0.3, 0.4) is 0 Å². The van der Waals surface area contributed by atoms with Crippen LogP contribution in [0.1, 0.15) is 12.1 Å². The van der Waals surface area contributed by atoms with Crippen molar-refractivity contribution in [2.45, 2.75) is 12.2 Å². The number of aliphatic imine (C=N–C) groups is 1.